The Morgan fingerprint density at radius 2 is 1.86 bits per heavy atom. The number of amides is 2. The predicted molar refractivity (Wildman–Crippen MR) is 82.2 cm³/mol. The van der Waals surface area contributed by atoms with Crippen molar-refractivity contribution in [3.8, 4) is 0 Å². The number of hydrogen-bond donors (Lipinski definition) is 2. The van der Waals surface area contributed by atoms with Crippen molar-refractivity contribution in [2.45, 2.75) is 46.2 Å². The van der Waals surface area contributed by atoms with E-state index in [1.54, 1.807) is 0 Å². The highest BCUT2D eigenvalue weighted by Crippen LogP contribution is 2.19. The minimum atomic E-state index is -1.02. The Bertz CT molecular complexity index is 520. The third kappa shape index (κ3) is 4.77. The first kappa shape index (κ1) is 17.0. The number of aryl methyl sites for hydroxylation is 1. The zero-order chi connectivity index (χ0) is 16.2. The van der Waals surface area contributed by atoms with Crippen molar-refractivity contribution in [2.24, 2.45) is 0 Å². The van der Waals surface area contributed by atoms with Crippen LogP contribution in [0, 0.1) is 6.92 Å². The minimum absolute atomic E-state index is 0.183. The van der Waals surface area contributed by atoms with Gasteiger partial charge in [-0.05, 0) is 45.7 Å². The van der Waals surface area contributed by atoms with Gasteiger partial charge in [0.15, 0.2) is 0 Å². The highest BCUT2D eigenvalue weighted by atomic mass is 16.4. The van der Waals surface area contributed by atoms with Crippen LogP contribution in [0.15, 0.2) is 24.3 Å². The van der Waals surface area contributed by atoms with Crippen molar-refractivity contribution in [3.63, 3.8) is 0 Å². The summed E-state index contributed by atoms with van der Waals surface area (Å²) in [6, 6.07) is 7.25. The molecule has 0 aliphatic rings. The summed E-state index contributed by atoms with van der Waals surface area (Å²) >= 11 is 0. The average Bonchev–Trinajstić information content (AvgIpc) is 2.34. The fourth-order valence-corrected chi connectivity index (χ4v) is 2.16. The molecule has 5 heteroatoms. The Kier molecular flexibility index (Phi) is 5.35. The smallest absolute Gasteiger partial charge is 0.323 e. The second-order valence-corrected chi connectivity index (χ2v) is 6.18. The summed E-state index contributed by atoms with van der Waals surface area (Å²) in [5.74, 6) is -1.02. The number of urea groups is 1. The molecule has 0 aromatic heterocycles. The Morgan fingerprint density at radius 1 is 1.29 bits per heavy atom. The summed E-state index contributed by atoms with van der Waals surface area (Å²) in [6.07, 6.45) is 0. The number of carboxylic acid groups (broad SMARTS) is 1. The van der Waals surface area contributed by atoms with E-state index in [4.69, 9.17) is 5.11 Å². The molecule has 1 aromatic carbocycles. The molecule has 2 amide bonds. The monoisotopic (exact) mass is 292 g/mol. The lowest BCUT2D eigenvalue weighted by molar-refractivity contribution is -0.138. The van der Waals surface area contributed by atoms with Gasteiger partial charge in [0.2, 0.25) is 0 Å². The Balaban J connectivity index is 2.87. The van der Waals surface area contributed by atoms with Gasteiger partial charge in [-0.15, -0.1) is 0 Å². The summed E-state index contributed by atoms with van der Waals surface area (Å²) in [5.41, 5.74) is 1.55. The van der Waals surface area contributed by atoms with E-state index in [0.29, 0.717) is 0 Å². The minimum Gasteiger partial charge on any atom is -0.480 e. The highest BCUT2D eigenvalue weighted by molar-refractivity contribution is 5.81. The van der Waals surface area contributed by atoms with Crippen LogP contribution in [0.3, 0.4) is 0 Å². The van der Waals surface area contributed by atoms with E-state index in [2.05, 4.69) is 5.32 Å². The molecule has 1 atom stereocenters. The summed E-state index contributed by atoms with van der Waals surface area (Å²) in [6.45, 7) is 8.99. The molecule has 0 spiro atoms. The van der Waals surface area contributed by atoms with Crippen molar-refractivity contribution in [1.29, 1.82) is 0 Å². The molecule has 0 bridgehead atoms. The van der Waals surface area contributed by atoms with Crippen molar-refractivity contribution in [1.82, 2.24) is 10.2 Å². The second-order valence-electron chi connectivity index (χ2n) is 6.18. The number of benzene rings is 1. The van der Waals surface area contributed by atoms with Crippen LogP contribution in [0.2, 0.25) is 0 Å². The van der Waals surface area contributed by atoms with Gasteiger partial charge in [0, 0.05) is 5.54 Å². The fourth-order valence-electron chi connectivity index (χ4n) is 2.16. The Morgan fingerprint density at radius 3 is 2.33 bits per heavy atom. The van der Waals surface area contributed by atoms with Crippen LogP contribution in [0.25, 0.3) is 0 Å². The van der Waals surface area contributed by atoms with Crippen LogP contribution >= 0.6 is 0 Å². The molecule has 0 heterocycles. The molecule has 1 unspecified atom stereocenters. The van der Waals surface area contributed by atoms with Crippen LogP contribution in [0.5, 0.6) is 0 Å². The number of nitrogens with zero attached hydrogens (tertiary/aromatic N) is 1. The van der Waals surface area contributed by atoms with Crippen molar-refractivity contribution >= 4 is 12.0 Å². The molecule has 116 valence electrons. The van der Waals surface area contributed by atoms with Crippen LogP contribution in [-0.4, -0.2) is 34.1 Å². The fraction of sp³-hybridized carbons (Fsp3) is 0.500. The lowest BCUT2D eigenvalue weighted by atomic mass is 10.0. The van der Waals surface area contributed by atoms with E-state index in [0.717, 1.165) is 11.1 Å². The maximum atomic E-state index is 12.4. The number of hydrogen-bond acceptors (Lipinski definition) is 2. The highest BCUT2D eigenvalue weighted by Gasteiger charge is 2.29. The van der Waals surface area contributed by atoms with E-state index < -0.39 is 11.5 Å². The first-order valence-electron chi connectivity index (χ1n) is 6.98. The van der Waals surface area contributed by atoms with Crippen LogP contribution in [0.1, 0.15) is 44.9 Å². The van der Waals surface area contributed by atoms with Gasteiger partial charge in [-0.2, -0.15) is 0 Å². The summed E-state index contributed by atoms with van der Waals surface area (Å²) in [5, 5.41) is 11.8. The van der Waals surface area contributed by atoms with Crippen LogP contribution in [-0.2, 0) is 4.79 Å². The molecule has 0 saturated heterocycles. The van der Waals surface area contributed by atoms with Gasteiger partial charge in [0.1, 0.15) is 6.54 Å². The average molecular weight is 292 g/mol. The van der Waals surface area contributed by atoms with Crippen molar-refractivity contribution < 1.29 is 14.7 Å². The third-order valence-electron chi connectivity index (χ3n) is 3.34. The molecule has 21 heavy (non-hydrogen) atoms. The van der Waals surface area contributed by atoms with E-state index in [-0.39, 0.29) is 18.6 Å². The lowest BCUT2D eigenvalue weighted by Gasteiger charge is -2.35. The molecule has 0 saturated carbocycles. The molecular weight excluding hydrogens is 268 g/mol. The van der Waals surface area contributed by atoms with Gasteiger partial charge in [0.05, 0.1) is 6.04 Å². The maximum absolute atomic E-state index is 12.4. The Labute approximate surface area is 126 Å². The quantitative estimate of drug-likeness (QED) is 0.896. The van der Waals surface area contributed by atoms with E-state index in [9.17, 15) is 9.59 Å². The first-order valence-corrected chi connectivity index (χ1v) is 6.98. The standard InChI is InChI=1S/C16H24N2O3/c1-11-8-6-7-9-13(11)12(2)17-15(21)18(10-14(19)20)16(3,4)5/h6-9,12H,10H2,1-5H3,(H,17,21)(H,19,20). The molecule has 1 aromatic rings. The predicted octanol–water partition coefficient (Wildman–Crippen LogP) is 2.95. The largest absolute Gasteiger partial charge is 0.480 e. The molecule has 5 nitrogen and oxygen atoms in total. The van der Waals surface area contributed by atoms with Gasteiger partial charge in [-0.25, -0.2) is 4.79 Å². The molecule has 0 aliphatic carbocycles. The first-order chi connectivity index (χ1) is 9.62. The number of aliphatic carboxylic acids is 1. The van der Waals surface area contributed by atoms with E-state index >= 15 is 0 Å². The third-order valence-corrected chi connectivity index (χ3v) is 3.34. The zero-order valence-corrected chi connectivity index (χ0v) is 13.3. The lowest BCUT2D eigenvalue weighted by Crippen LogP contribution is -2.52. The van der Waals surface area contributed by atoms with Gasteiger partial charge in [0.25, 0.3) is 0 Å². The number of carboxylic acids is 1. The summed E-state index contributed by atoms with van der Waals surface area (Å²) in [7, 11) is 0. The van der Waals surface area contributed by atoms with Crippen molar-refractivity contribution in [2.75, 3.05) is 6.54 Å². The van der Waals surface area contributed by atoms with Gasteiger partial charge >= 0.3 is 12.0 Å². The maximum Gasteiger partial charge on any atom is 0.323 e. The van der Waals surface area contributed by atoms with E-state index in [1.165, 1.54) is 4.90 Å². The number of carbonyl (C=O) groups excluding carboxylic acids is 1. The number of carbonyl (C=O) groups is 2. The van der Waals surface area contributed by atoms with Crippen molar-refractivity contribution in [3.05, 3.63) is 35.4 Å². The molecular formula is C16H24N2O3. The van der Waals surface area contributed by atoms with Crippen LogP contribution < -0.4 is 5.32 Å². The van der Waals surface area contributed by atoms with Gasteiger partial charge in [-0.3, -0.25) is 4.79 Å². The Hall–Kier alpha value is -2.04. The van der Waals surface area contributed by atoms with Gasteiger partial charge in [-0.1, -0.05) is 24.3 Å². The molecule has 0 aliphatic heterocycles. The van der Waals surface area contributed by atoms with Crippen LogP contribution in [0.4, 0.5) is 4.79 Å². The molecule has 0 radical (unpaired) electrons. The number of nitrogens with one attached hydrogen (secondary N) is 1. The zero-order valence-electron chi connectivity index (χ0n) is 13.3. The summed E-state index contributed by atoms with van der Waals surface area (Å²) < 4.78 is 0. The molecule has 0 fully saturated rings. The normalized spacial score (nSPS) is 12.6. The molecule has 1 rings (SSSR count). The number of rotatable bonds is 4. The molecule has 2 N–H and O–H groups in total. The van der Waals surface area contributed by atoms with Gasteiger partial charge < -0.3 is 15.3 Å². The SMILES string of the molecule is Cc1ccccc1C(C)NC(=O)N(CC(=O)O)C(C)(C)C. The van der Waals surface area contributed by atoms with E-state index in [1.807, 2.05) is 58.9 Å². The topological polar surface area (TPSA) is 69.6 Å². The summed E-state index contributed by atoms with van der Waals surface area (Å²) in [4.78, 5) is 24.6. The second kappa shape index (κ2) is 6.61.